The Kier molecular flexibility index (Phi) is 4.98. The number of benzene rings is 2. The molecule has 2 aromatic carbocycles. The summed E-state index contributed by atoms with van der Waals surface area (Å²) < 4.78 is 0. The van der Waals surface area contributed by atoms with Crippen LogP contribution in [0.15, 0.2) is 54.7 Å². The molecule has 0 atom stereocenters. The van der Waals surface area contributed by atoms with Crippen molar-refractivity contribution in [2.24, 2.45) is 5.73 Å². The van der Waals surface area contributed by atoms with E-state index in [0.29, 0.717) is 5.69 Å². The van der Waals surface area contributed by atoms with Crippen LogP contribution in [0.2, 0.25) is 0 Å². The zero-order chi connectivity index (χ0) is 19.4. The Morgan fingerprint density at radius 2 is 1.78 bits per heavy atom. The molecule has 0 aliphatic rings. The normalized spacial score (nSPS) is 10.3. The zero-order valence-electron chi connectivity index (χ0n) is 14.4. The smallest absolute Gasteiger partial charge is 0.335 e. The molecule has 0 spiro atoms. The fourth-order valence-corrected chi connectivity index (χ4v) is 2.40. The van der Waals surface area contributed by atoms with Gasteiger partial charge in [0.2, 0.25) is 5.95 Å². The summed E-state index contributed by atoms with van der Waals surface area (Å²) in [5, 5.41) is 15.0. The number of carbonyl (C=O) groups excluding carboxylic acids is 1. The van der Waals surface area contributed by atoms with Crippen LogP contribution in [0.4, 0.5) is 23.1 Å². The van der Waals surface area contributed by atoms with Crippen molar-refractivity contribution in [3.8, 4) is 0 Å². The molecule has 5 N–H and O–H groups in total. The van der Waals surface area contributed by atoms with E-state index in [1.54, 1.807) is 12.1 Å². The summed E-state index contributed by atoms with van der Waals surface area (Å²) in [6, 6.07) is 13.7. The highest BCUT2D eigenvalue weighted by Crippen LogP contribution is 2.22. The van der Waals surface area contributed by atoms with Crippen LogP contribution < -0.4 is 16.4 Å². The number of aromatic carboxylic acids is 1. The number of primary amides is 1. The molecule has 1 aromatic heterocycles. The van der Waals surface area contributed by atoms with Gasteiger partial charge >= 0.3 is 5.97 Å². The number of nitrogens with zero attached hydrogens (tertiary/aromatic N) is 2. The molecule has 136 valence electrons. The fourth-order valence-electron chi connectivity index (χ4n) is 2.40. The first kappa shape index (κ1) is 17.9. The summed E-state index contributed by atoms with van der Waals surface area (Å²) in [4.78, 5) is 31.0. The predicted octanol–water partition coefficient (Wildman–Crippen LogP) is 3.07. The molecule has 0 aliphatic heterocycles. The van der Waals surface area contributed by atoms with Crippen molar-refractivity contribution in [1.29, 1.82) is 0 Å². The first-order chi connectivity index (χ1) is 12.9. The minimum Gasteiger partial charge on any atom is -0.478 e. The van der Waals surface area contributed by atoms with Gasteiger partial charge in [-0.3, -0.25) is 4.79 Å². The minimum atomic E-state index is -1.01. The van der Waals surface area contributed by atoms with E-state index in [0.717, 1.165) is 11.3 Å². The number of nitrogens with two attached hydrogens (primary N) is 1. The number of hydrogen-bond acceptors (Lipinski definition) is 6. The molecule has 1 heterocycles. The number of anilines is 4. The van der Waals surface area contributed by atoms with Crippen LogP contribution in [0.1, 0.15) is 26.3 Å². The maximum absolute atomic E-state index is 11.7. The number of rotatable bonds is 6. The molecule has 8 heteroatoms. The fraction of sp³-hybridized carbons (Fsp3) is 0.0526. The number of carboxylic acid groups (broad SMARTS) is 1. The monoisotopic (exact) mass is 363 g/mol. The van der Waals surface area contributed by atoms with Gasteiger partial charge in [0.25, 0.3) is 5.91 Å². The predicted molar refractivity (Wildman–Crippen MR) is 102 cm³/mol. The van der Waals surface area contributed by atoms with Crippen molar-refractivity contribution < 1.29 is 14.7 Å². The lowest BCUT2D eigenvalue weighted by Gasteiger charge is -2.12. The van der Waals surface area contributed by atoms with E-state index >= 15 is 0 Å². The highest BCUT2D eigenvalue weighted by Gasteiger charge is 2.13. The third-order valence-corrected chi connectivity index (χ3v) is 3.72. The highest BCUT2D eigenvalue weighted by molar-refractivity contribution is 5.98. The van der Waals surface area contributed by atoms with Crippen molar-refractivity contribution in [2.75, 3.05) is 10.6 Å². The average molecular weight is 363 g/mol. The Hall–Kier alpha value is -3.94. The number of hydrogen-bond donors (Lipinski definition) is 4. The first-order valence-corrected chi connectivity index (χ1v) is 8.03. The van der Waals surface area contributed by atoms with Crippen LogP contribution in [0.25, 0.3) is 0 Å². The quantitative estimate of drug-likeness (QED) is 0.529. The van der Waals surface area contributed by atoms with Gasteiger partial charge in [0.05, 0.1) is 5.56 Å². The first-order valence-electron chi connectivity index (χ1n) is 8.03. The maximum atomic E-state index is 11.7. The van der Waals surface area contributed by atoms with Crippen molar-refractivity contribution in [2.45, 2.75) is 6.92 Å². The molecule has 0 saturated heterocycles. The van der Waals surface area contributed by atoms with Gasteiger partial charge < -0.3 is 21.5 Å². The number of carbonyl (C=O) groups is 2. The van der Waals surface area contributed by atoms with E-state index in [-0.39, 0.29) is 22.9 Å². The molecule has 3 aromatic rings. The summed E-state index contributed by atoms with van der Waals surface area (Å²) in [5.74, 6) is -1.15. The van der Waals surface area contributed by atoms with Gasteiger partial charge in [-0.25, -0.2) is 9.78 Å². The lowest BCUT2D eigenvalue weighted by Crippen LogP contribution is -2.15. The molecular weight excluding hydrogens is 346 g/mol. The molecule has 3 rings (SSSR count). The van der Waals surface area contributed by atoms with Crippen LogP contribution in [-0.2, 0) is 0 Å². The third kappa shape index (κ3) is 4.37. The average Bonchev–Trinajstić information content (AvgIpc) is 2.62. The van der Waals surface area contributed by atoms with Gasteiger partial charge in [-0.2, -0.15) is 4.98 Å². The second-order valence-corrected chi connectivity index (χ2v) is 5.82. The molecule has 8 nitrogen and oxygen atoms in total. The van der Waals surface area contributed by atoms with Crippen LogP contribution in [0.3, 0.4) is 0 Å². The molecular formula is C19H17N5O3. The number of carboxylic acids is 1. The standard InChI is InChI=1S/C19H17N5O3/c1-11-3-2-4-14(9-11)22-17-15(16(20)25)10-21-19(24-17)23-13-7-5-12(6-8-13)18(26)27/h2-10H,1H3,(H2,20,25)(H,26,27)(H2,21,22,23,24). The maximum Gasteiger partial charge on any atom is 0.335 e. The topological polar surface area (TPSA) is 130 Å². The van der Waals surface area contributed by atoms with E-state index in [9.17, 15) is 9.59 Å². The number of nitrogens with one attached hydrogen (secondary N) is 2. The van der Waals surface area contributed by atoms with E-state index in [2.05, 4.69) is 20.6 Å². The molecule has 0 bridgehead atoms. The molecule has 0 fully saturated rings. The number of amides is 1. The second kappa shape index (κ2) is 7.52. The Morgan fingerprint density at radius 3 is 2.41 bits per heavy atom. The van der Waals surface area contributed by atoms with Gasteiger partial charge in [-0.15, -0.1) is 0 Å². The van der Waals surface area contributed by atoms with Crippen LogP contribution in [0, 0.1) is 6.92 Å². The Balaban J connectivity index is 1.88. The Morgan fingerprint density at radius 1 is 1.04 bits per heavy atom. The molecule has 0 aliphatic carbocycles. The Bertz CT molecular complexity index is 1000. The highest BCUT2D eigenvalue weighted by atomic mass is 16.4. The molecule has 0 unspecified atom stereocenters. The van der Waals surface area contributed by atoms with E-state index in [1.807, 2.05) is 31.2 Å². The van der Waals surface area contributed by atoms with E-state index in [1.165, 1.54) is 18.3 Å². The summed E-state index contributed by atoms with van der Waals surface area (Å²) in [7, 11) is 0. The number of aromatic nitrogens is 2. The molecule has 27 heavy (non-hydrogen) atoms. The lowest BCUT2D eigenvalue weighted by atomic mass is 10.2. The SMILES string of the molecule is Cc1cccc(Nc2nc(Nc3ccc(C(=O)O)cc3)ncc2C(N)=O)c1. The molecule has 0 radical (unpaired) electrons. The number of aryl methyl sites for hydroxylation is 1. The van der Waals surface area contributed by atoms with E-state index in [4.69, 9.17) is 10.8 Å². The third-order valence-electron chi connectivity index (χ3n) is 3.72. The largest absolute Gasteiger partial charge is 0.478 e. The summed E-state index contributed by atoms with van der Waals surface area (Å²) in [5.41, 5.74) is 8.15. The van der Waals surface area contributed by atoms with Crippen LogP contribution >= 0.6 is 0 Å². The summed E-state index contributed by atoms with van der Waals surface area (Å²) in [6.07, 6.45) is 1.33. The van der Waals surface area contributed by atoms with Gasteiger partial charge in [-0.05, 0) is 48.9 Å². The minimum absolute atomic E-state index is 0.156. The van der Waals surface area contributed by atoms with Crippen molar-refractivity contribution in [3.63, 3.8) is 0 Å². The zero-order valence-corrected chi connectivity index (χ0v) is 14.4. The van der Waals surface area contributed by atoms with Crippen LogP contribution in [-0.4, -0.2) is 27.0 Å². The van der Waals surface area contributed by atoms with Crippen molar-refractivity contribution in [1.82, 2.24) is 9.97 Å². The summed E-state index contributed by atoms with van der Waals surface area (Å²) >= 11 is 0. The van der Waals surface area contributed by atoms with Gasteiger partial charge in [0, 0.05) is 17.6 Å². The molecule has 1 amide bonds. The lowest BCUT2D eigenvalue weighted by molar-refractivity contribution is 0.0696. The van der Waals surface area contributed by atoms with Gasteiger partial charge in [0.1, 0.15) is 11.4 Å². The Labute approximate surface area is 155 Å². The van der Waals surface area contributed by atoms with Crippen molar-refractivity contribution >= 4 is 35.0 Å². The summed E-state index contributed by atoms with van der Waals surface area (Å²) in [6.45, 7) is 1.95. The van der Waals surface area contributed by atoms with Gasteiger partial charge in [0.15, 0.2) is 0 Å². The van der Waals surface area contributed by atoms with Gasteiger partial charge in [-0.1, -0.05) is 12.1 Å². The van der Waals surface area contributed by atoms with Crippen molar-refractivity contribution in [3.05, 3.63) is 71.4 Å². The van der Waals surface area contributed by atoms with Crippen LogP contribution in [0.5, 0.6) is 0 Å². The molecule has 0 saturated carbocycles. The second-order valence-electron chi connectivity index (χ2n) is 5.82. The van der Waals surface area contributed by atoms with E-state index < -0.39 is 11.9 Å².